The minimum Gasteiger partial charge on any atom is -0.350 e. The summed E-state index contributed by atoms with van der Waals surface area (Å²) in [5.74, 6) is -0.0901. The molecule has 3 aromatic rings. The van der Waals surface area contributed by atoms with Crippen molar-refractivity contribution in [3.8, 4) is 0 Å². The zero-order chi connectivity index (χ0) is 20.2. The van der Waals surface area contributed by atoms with Gasteiger partial charge in [0.1, 0.15) is 0 Å². The van der Waals surface area contributed by atoms with Crippen molar-refractivity contribution in [1.29, 1.82) is 0 Å². The molecule has 1 unspecified atom stereocenters. The first-order valence-electron chi connectivity index (χ1n) is 10.4. The molecule has 29 heavy (non-hydrogen) atoms. The molecule has 152 valence electrons. The molecule has 1 saturated heterocycles. The third-order valence-corrected chi connectivity index (χ3v) is 5.91. The van der Waals surface area contributed by atoms with Crippen LogP contribution in [0.4, 0.5) is 0 Å². The van der Waals surface area contributed by atoms with Crippen molar-refractivity contribution in [2.24, 2.45) is 0 Å². The maximum Gasteiger partial charge on any atom is 0.326 e. The highest BCUT2D eigenvalue weighted by molar-refractivity contribution is 5.97. The van der Waals surface area contributed by atoms with Gasteiger partial charge in [0.05, 0.1) is 11.0 Å². The van der Waals surface area contributed by atoms with Crippen LogP contribution in [0.1, 0.15) is 35.7 Å². The predicted molar refractivity (Wildman–Crippen MR) is 115 cm³/mol. The Morgan fingerprint density at radius 1 is 1.21 bits per heavy atom. The Morgan fingerprint density at radius 3 is 2.83 bits per heavy atom. The van der Waals surface area contributed by atoms with Gasteiger partial charge in [0.2, 0.25) is 0 Å². The molecule has 2 aromatic carbocycles. The van der Waals surface area contributed by atoms with Crippen LogP contribution < -0.4 is 11.0 Å². The number of H-pyrrole nitrogens is 1. The average molecular weight is 393 g/mol. The van der Waals surface area contributed by atoms with Gasteiger partial charge in [-0.1, -0.05) is 37.3 Å². The summed E-state index contributed by atoms with van der Waals surface area (Å²) in [7, 11) is 0. The molecule has 1 atom stereocenters. The summed E-state index contributed by atoms with van der Waals surface area (Å²) in [5.41, 5.74) is 3.16. The maximum atomic E-state index is 12.6. The lowest BCUT2D eigenvalue weighted by molar-refractivity contribution is 0.0941. The predicted octanol–water partition coefficient (Wildman–Crippen LogP) is 2.79. The number of amides is 1. The molecule has 0 aliphatic carbocycles. The smallest absolute Gasteiger partial charge is 0.326 e. The number of hydrogen-bond donors (Lipinski definition) is 2. The lowest BCUT2D eigenvalue weighted by Crippen LogP contribution is -2.40. The Bertz CT molecular complexity index is 1040. The van der Waals surface area contributed by atoms with Gasteiger partial charge in [-0.25, -0.2) is 4.79 Å². The third kappa shape index (κ3) is 4.27. The number of benzene rings is 2. The summed E-state index contributed by atoms with van der Waals surface area (Å²) in [5, 5.41) is 3.06. The van der Waals surface area contributed by atoms with E-state index in [9.17, 15) is 9.59 Å². The summed E-state index contributed by atoms with van der Waals surface area (Å²) in [6.45, 7) is 5.56. The lowest BCUT2D eigenvalue weighted by Gasteiger charge is -2.22. The molecule has 0 saturated carbocycles. The number of fused-ring (bicyclic) bond motifs is 1. The molecule has 0 bridgehead atoms. The maximum absolute atomic E-state index is 12.6. The second-order valence-electron chi connectivity index (χ2n) is 7.68. The van der Waals surface area contributed by atoms with Gasteiger partial charge in [0.25, 0.3) is 5.91 Å². The highest BCUT2D eigenvalue weighted by Crippen LogP contribution is 2.17. The Hall–Kier alpha value is -2.86. The van der Waals surface area contributed by atoms with E-state index in [1.165, 1.54) is 12.0 Å². The van der Waals surface area contributed by atoms with E-state index < -0.39 is 0 Å². The van der Waals surface area contributed by atoms with Crippen molar-refractivity contribution >= 4 is 16.9 Å². The molecule has 1 aliphatic rings. The second kappa shape index (κ2) is 8.66. The lowest BCUT2D eigenvalue weighted by atomic mass is 10.1. The summed E-state index contributed by atoms with van der Waals surface area (Å²) >= 11 is 0. The zero-order valence-corrected chi connectivity index (χ0v) is 16.9. The van der Waals surface area contributed by atoms with Crippen molar-refractivity contribution < 1.29 is 4.79 Å². The second-order valence-corrected chi connectivity index (χ2v) is 7.68. The fourth-order valence-corrected chi connectivity index (χ4v) is 4.27. The van der Waals surface area contributed by atoms with Gasteiger partial charge in [-0.15, -0.1) is 0 Å². The highest BCUT2D eigenvalue weighted by Gasteiger charge is 2.23. The summed E-state index contributed by atoms with van der Waals surface area (Å²) in [6, 6.07) is 16.0. The number of likely N-dealkylation sites (tertiary alicyclic amines) is 1. The molecule has 0 radical (unpaired) electrons. The van der Waals surface area contributed by atoms with Crippen LogP contribution in [0.3, 0.4) is 0 Å². The zero-order valence-electron chi connectivity index (χ0n) is 16.9. The van der Waals surface area contributed by atoms with Crippen molar-refractivity contribution in [3.05, 3.63) is 70.1 Å². The number of carbonyl (C=O) groups is 1. The van der Waals surface area contributed by atoms with Crippen LogP contribution in [-0.2, 0) is 13.0 Å². The van der Waals surface area contributed by atoms with Crippen LogP contribution in [0.2, 0.25) is 0 Å². The van der Waals surface area contributed by atoms with E-state index in [2.05, 4.69) is 34.3 Å². The van der Waals surface area contributed by atoms with E-state index in [0.717, 1.165) is 31.4 Å². The van der Waals surface area contributed by atoms with E-state index in [1.54, 1.807) is 16.7 Å². The number of imidazole rings is 1. The van der Waals surface area contributed by atoms with Crippen LogP contribution in [0.5, 0.6) is 0 Å². The summed E-state index contributed by atoms with van der Waals surface area (Å²) in [6.07, 6.45) is 3.11. The van der Waals surface area contributed by atoms with Gasteiger partial charge in [0.15, 0.2) is 0 Å². The van der Waals surface area contributed by atoms with E-state index in [1.807, 2.05) is 24.3 Å². The van der Waals surface area contributed by atoms with Crippen molar-refractivity contribution in [2.45, 2.75) is 38.8 Å². The van der Waals surface area contributed by atoms with Crippen molar-refractivity contribution in [1.82, 2.24) is 19.8 Å². The van der Waals surface area contributed by atoms with E-state index in [4.69, 9.17) is 0 Å². The molecule has 1 aliphatic heterocycles. The molecule has 0 spiro atoms. The third-order valence-electron chi connectivity index (χ3n) is 5.91. The van der Waals surface area contributed by atoms with Gasteiger partial charge >= 0.3 is 5.69 Å². The van der Waals surface area contributed by atoms with Crippen LogP contribution in [0.15, 0.2) is 53.3 Å². The molecular formula is C23H28N4O2. The number of carbonyl (C=O) groups excluding carboxylic acids is 1. The Balaban J connectivity index is 1.45. The first kappa shape index (κ1) is 19.5. The topological polar surface area (TPSA) is 70.1 Å². The molecule has 1 aromatic heterocycles. The van der Waals surface area contributed by atoms with Gasteiger partial charge < -0.3 is 10.3 Å². The fraction of sp³-hybridized carbons (Fsp3) is 0.391. The largest absolute Gasteiger partial charge is 0.350 e. The number of aryl methyl sites for hydroxylation is 2. The van der Waals surface area contributed by atoms with E-state index in [-0.39, 0.29) is 11.6 Å². The van der Waals surface area contributed by atoms with E-state index in [0.29, 0.717) is 30.2 Å². The Kier molecular flexibility index (Phi) is 5.81. The molecule has 1 amide bonds. The quantitative estimate of drug-likeness (QED) is 0.650. The summed E-state index contributed by atoms with van der Waals surface area (Å²) < 4.78 is 1.74. The average Bonchev–Trinajstić information content (AvgIpc) is 3.33. The fourth-order valence-electron chi connectivity index (χ4n) is 4.27. The Labute approximate surface area is 170 Å². The molecule has 6 heteroatoms. The van der Waals surface area contributed by atoms with Crippen LogP contribution in [0, 0.1) is 0 Å². The van der Waals surface area contributed by atoms with Crippen LogP contribution in [-0.4, -0.2) is 46.0 Å². The van der Waals surface area contributed by atoms with Crippen molar-refractivity contribution in [2.75, 3.05) is 19.6 Å². The van der Waals surface area contributed by atoms with Gasteiger partial charge in [-0.3, -0.25) is 14.3 Å². The number of aromatic amines is 1. The first-order chi connectivity index (χ1) is 14.2. The van der Waals surface area contributed by atoms with E-state index >= 15 is 0 Å². The SMILES string of the molecule is CCN1CCCC1CNC(=O)c1ccc2c(c1)[nH]c(=O)n2CCc1ccccc1. The monoisotopic (exact) mass is 392 g/mol. The molecule has 6 nitrogen and oxygen atoms in total. The normalized spacial score (nSPS) is 17.1. The number of nitrogens with zero attached hydrogens (tertiary/aromatic N) is 2. The number of likely N-dealkylation sites (N-methyl/N-ethyl adjacent to an activating group) is 1. The molecule has 2 heterocycles. The first-order valence-corrected chi connectivity index (χ1v) is 10.4. The number of rotatable bonds is 7. The number of nitrogens with one attached hydrogen (secondary N) is 2. The minimum atomic E-state index is -0.141. The number of hydrogen-bond acceptors (Lipinski definition) is 3. The van der Waals surface area contributed by atoms with Crippen LogP contribution in [0.25, 0.3) is 11.0 Å². The molecule has 1 fully saturated rings. The molecule has 2 N–H and O–H groups in total. The van der Waals surface area contributed by atoms with Gasteiger partial charge in [-0.2, -0.15) is 0 Å². The summed E-state index contributed by atoms with van der Waals surface area (Å²) in [4.78, 5) is 30.3. The highest BCUT2D eigenvalue weighted by atomic mass is 16.2. The Morgan fingerprint density at radius 2 is 2.03 bits per heavy atom. The van der Waals surface area contributed by atoms with Gasteiger partial charge in [0, 0.05) is 24.7 Å². The van der Waals surface area contributed by atoms with Crippen LogP contribution >= 0.6 is 0 Å². The molecular weight excluding hydrogens is 364 g/mol. The molecule has 4 rings (SSSR count). The van der Waals surface area contributed by atoms with Gasteiger partial charge in [-0.05, 0) is 56.1 Å². The van der Waals surface area contributed by atoms with Crippen molar-refractivity contribution in [3.63, 3.8) is 0 Å². The minimum absolute atomic E-state index is 0.0901. The number of aromatic nitrogens is 2. The standard InChI is InChI=1S/C23H28N4O2/c1-2-26-13-6-9-19(26)16-24-22(28)18-10-11-21-20(15-18)25-23(29)27(21)14-12-17-7-4-3-5-8-17/h3-5,7-8,10-11,15,19H,2,6,9,12-14,16H2,1H3,(H,24,28)(H,25,29).